The van der Waals surface area contributed by atoms with Crippen molar-refractivity contribution in [3.63, 3.8) is 0 Å². The van der Waals surface area contributed by atoms with Gasteiger partial charge in [-0.1, -0.05) is 18.2 Å². The molecule has 0 unspecified atom stereocenters. The Labute approximate surface area is 143 Å². The third-order valence-corrected chi connectivity index (χ3v) is 3.63. The molecule has 2 aromatic heterocycles. The zero-order chi connectivity index (χ0) is 17.6. The van der Waals surface area contributed by atoms with E-state index in [-0.39, 0.29) is 17.2 Å². The first-order valence-electron chi connectivity index (χ1n) is 7.68. The van der Waals surface area contributed by atoms with E-state index in [4.69, 9.17) is 5.26 Å². The first-order chi connectivity index (χ1) is 12.2. The van der Waals surface area contributed by atoms with Gasteiger partial charge in [-0.3, -0.25) is 9.59 Å². The SMILES string of the molecule is N#Cc1cccnc1NCCNC(=O)c1cc2ccccc2c(=O)[nH]1. The molecule has 0 fully saturated rings. The summed E-state index contributed by atoms with van der Waals surface area (Å²) in [7, 11) is 0. The van der Waals surface area contributed by atoms with Gasteiger partial charge in [0.1, 0.15) is 17.6 Å². The van der Waals surface area contributed by atoms with Gasteiger partial charge in [0.15, 0.2) is 0 Å². The summed E-state index contributed by atoms with van der Waals surface area (Å²) in [6.45, 7) is 0.713. The van der Waals surface area contributed by atoms with Crippen molar-refractivity contribution in [3.8, 4) is 6.07 Å². The van der Waals surface area contributed by atoms with E-state index in [2.05, 4.69) is 20.6 Å². The summed E-state index contributed by atoms with van der Waals surface area (Å²) in [5.41, 5.74) is 0.348. The second kappa shape index (κ2) is 7.27. The molecule has 7 nitrogen and oxygen atoms in total. The molecule has 2 heterocycles. The third-order valence-electron chi connectivity index (χ3n) is 3.63. The van der Waals surface area contributed by atoms with E-state index in [1.54, 1.807) is 42.6 Å². The van der Waals surface area contributed by atoms with E-state index < -0.39 is 0 Å². The molecule has 1 aromatic carbocycles. The minimum atomic E-state index is -0.369. The van der Waals surface area contributed by atoms with Crippen LogP contribution in [0.25, 0.3) is 10.8 Å². The second-order valence-corrected chi connectivity index (χ2v) is 5.29. The maximum atomic E-state index is 12.2. The predicted molar refractivity (Wildman–Crippen MR) is 94.3 cm³/mol. The fraction of sp³-hybridized carbons (Fsp3) is 0.111. The van der Waals surface area contributed by atoms with Crippen LogP contribution in [0.5, 0.6) is 0 Å². The number of anilines is 1. The van der Waals surface area contributed by atoms with E-state index in [1.807, 2.05) is 12.1 Å². The highest BCUT2D eigenvalue weighted by molar-refractivity contribution is 5.96. The molecule has 1 amide bonds. The molecule has 0 aliphatic heterocycles. The fourth-order valence-corrected chi connectivity index (χ4v) is 2.42. The number of nitriles is 1. The first kappa shape index (κ1) is 16.2. The Bertz CT molecular complexity index is 1020. The highest BCUT2D eigenvalue weighted by atomic mass is 16.2. The average molecular weight is 333 g/mol. The lowest BCUT2D eigenvalue weighted by atomic mass is 10.1. The topological polar surface area (TPSA) is 111 Å². The highest BCUT2D eigenvalue weighted by Gasteiger charge is 2.09. The fourth-order valence-electron chi connectivity index (χ4n) is 2.42. The summed E-state index contributed by atoms with van der Waals surface area (Å²) in [6, 6.07) is 14.1. The molecule has 0 radical (unpaired) electrons. The Morgan fingerprint density at radius 2 is 2.04 bits per heavy atom. The number of amides is 1. The van der Waals surface area contributed by atoms with E-state index in [0.29, 0.717) is 35.2 Å². The number of aromatic nitrogens is 2. The molecule has 0 aliphatic rings. The van der Waals surface area contributed by atoms with Gasteiger partial charge in [0.2, 0.25) is 0 Å². The number of pyridine rings is 2. The van der Waals surface area contributed by atoms with Gasteiger partial charge in [-0.2, -0.15) is 5.26 Å². The molecule has 3 N–H and O–H groups in total. The number of carbonyl (C=O) groups excluding carboxylic acids is 1. The van der Waals surface area contributed by atoms with Gasteiger partial charge in [-0.25, -0.2) is 4.98 Å². The molecular weight excluding hydrogens is 318 g/mol. The Balaban J connectivity index is 1.62. The van der Waals surface area contributed by atoms with Crippen LogP contribution in [-0.4, -0.2) is 29.0 Å². The van der Waals surface area contributed by atoms with E-state index in [0.717, 1.165) is 0 Å². The number of rotatable bonds is 5. The van der Waals surface area contributed by atoms with Crippen LogP contribution >= 0.6 is 0 Å². The Morgan fingerprint density at radius 3 is 2.88 bits per heavy atom. The van der Waals surface area contributed by atoms with Crippen molar-refractivity contribution in [2.24, 2.45) is 0 Å². The third kappa shape index (κ3) is 3.64. The number of hydrogen-bond donors (Lipinski definition) is 3. The molecule has 0 saturated carbocycles. The van der Waals surface area contributed by atoms with Gasteiger partial charge in [0.05, 0.1) is 5.56 Å². The lowest BCUT2D eigenvalue weighted by Gasteiger charge is -2.08. The van der Waals surface area contributed by atoms with Crippen LogP contribution in [-0.2, 0) is 0 Å². The van der Waals surface area contributed by atoms with Crippen molar-refractivity contribution < 1.29 is 4.79 Å². The van der Waals surface area contributed by atoms with Crippen LogP contribution in [0.1, 0.15) is 16.1 Å². The monoisotopic (exact) mass is 333 g/mol. The number of benzene rings is 1. The number of nitrogens with one attached hydrogen (secondary N) is 3. The van der Waals surface area contributed by atoms with Gasteiger partial charge in [-0.05, 0) is 29.7 Å². The second-order valence-electron chi connectivity index (χ2n) is 5.29. The molecule has 0 aliphatic carbocycles. The molecular formula is C18H15N5O2. The molecule has 0 bridgehead atoms. The number of aromatic amines is 1. The predicted octanol–water partition coefficient (Wildman–Crippen LogP) is 1.64. The van der Waals surface area contributed by atoms with E-state index in [9.17, 15) is 9.59 Å². The molecule has 3 aromatic rings. The molecule has 0 atom stereocenters. The van der Waals surface area contributed by atoms with Gasteiger partial charge in [-0.15, -0.1) is 0 Å². The van der Waals surface area contributed by atoms with Gasteiger partial charge < -0.3 is 15.6 Å². The van der Waals surface area contributed by atoms with Crippen molar-refractivity contribution in [1.82, 2.24) is 15.3 Å². The maximum Gasteiger partial charge on any atom is 0.267 e. The molecule has 7 heteroatoms. The minimum Gasteiger partial charge on any atom is -0.367 e. The van der Waals surface area contributed by atoms with Crippen molar-refractivity contribution in [2.75, 3.05) is 18.4 Å². The number of fused-ring (bicyclic) bond motifs is 1. The quantitative estimate of drug-likeness (QED) is 0.615. The number of carbonyl (C=O) groups is 1. The summed E-state index contributed by atoms with van der Waals surface area (Å²) < 4.78 is 0. The number of hydrogen-bond acceptors (Lipinski definition) is 5. The van der Waals surface area contributed by atoms with Crippen molar-refractivity contribution >= 4 is 22.5 Å². The summed E-state index contributed by atoms with van der Waals surface area (Å²) in [5.74, 6) is 0.101. The molecule has 0 spiro atoms. The van der Waals surface area contributed by atoms with Gasteiger partial charge in [0.25, 0.3) is 11.5 Å². The Morgan fingerprint density at radius 1 is 1.20 bits per heavy atom. The van der Waals surface area contributed by atoms with Crippen LogP contribution < -0.4 is 16.2 Å². The zero-order valence-electron chi connectivity index (χ0n) is 13.2. The Kier molecular flexibility index (Phi) is 4.72. The van der Waals surface area contributed by atoms with Crippen LogP contribution in [0.3, 0.4) is 0 Å². The first-order valence-corrected chi connectivity index (χ1v) is 7.68. The van der Waals surface area contributed by atoms with Crippen LogP contribution in [0, 0.1) is 11.3 Å². The van der Waals surface area contributed by atoms with Gasteiger partial charge >= 0.3 is 0 Å². The van der Waals surface area contributed by atoms with E-state index >= 15 is 0 Å². The zero-order valence-corrected chi connectivity index (χ0v) is 13.2. The molecule has 25 heavy (non-hydrogen) atoms. The largest absolute Gasteiger partial charge is 0.367 e. The minimum absolute atomic E-state index is 0.208. The molecule has 0 saturated heterocycles. The smallest absolute Gasteiger partial charge is 0.267 e. The van der Waals surface area contributed by atoms with Gasteiger partial charge in [0, 0.05) is 24.7 Å². The van der Waals surface area contributed by atoms with Crippen molar-refractivity contribution in [2.45, 2.75) is 0 Å². The average Bonchev–Trinajstić information content (AvgIpc) is 2.65. The summed E-state index contributed by atoms with van der Waals surface area (Å²) in [4.78, 5) is 30.9. The standard InChI is InChI=1S/C18H15N5O2/c19-11-13-5-3-7-20-16(13)21-8-9-22-18(25)15-10-12-4-1-2-6-14(12)17(24)23-15/h1-7,10H,8-9H2,(H,20,21)(H,22,25)(H,23,24). The van der Waals surface area contributed by atoms with E-state index in [1.165, 1.54) is 0 Å². The van der Waals surface area contributed by atoms with Crippen molar-refractivity contribution in [3.05, 3.63) is 70.3 Å². The van der Waals surface area contributed by atoms with Crippen LogP contribution in [0.4, 0.5) is 5.82 Å². The highest BCUT2D eigenvalue weighted by Crippen LogP contribution is 2.10. The normalized spacial score (nSPS) is 10.2. The summed E-state index contributed by atoms with van der Waals surface area (Å²) in [5, 5.41) is 16.0. The Hall–Kier alpha value is -3.66. The molecule has 124 valence electrons. The van der Waals surface area contributed by atoms with Crippen molar-refractivity contribution in [1.29, 1.82) is 5.26 Å². The maximum absolute atomic E-state index is 12.2. The van der Waals surface area contributed by atoms with Crippen LogP contribution in [0.15, 0.2) is 53.5 Å². The summed E-state index contributed by atoms with van der Waals surface area (Å²) >= 11 is 0. The lowest BCUT2D eigenvalue weighted by Crippen LogP contribution is -2.30. The number of nitrogens with zero attached hydrogens (tertiary/aromatic N) is 2. The lowest BCUT2D eigenvalue weighted by molar-refractivity contribution is 0.0950. The number of H-pyrrole nitrogens is 1. The summed E-state index contributed by atoms with van der Waals surface area (Å²) in [6.07, 6.45) is 1.58. The molecule has 3 rings (SSSR count). The van der Waals surface area contributed by atoms with Crippen LogP contribution in [0.2, 0.25) is 0 Å².